The first-order chi connectivity index (χ1) is 7.78. The maximum atomic E-state index is 9.31. The summed E-state index contributed by atoms with van der Waals surface area (Å²) in [6.07, 6.45) is 3.38. The first-order valence-corrected chi connectivity index (χ1v) is 5.77. The third kappa shape index (κ3) is 2.36. The van der Waals surface area contributed by atoms with Crippen LogP contribution in [0, 0.1) is 0 Å². The largest absolute Gasteiger partial charge is 0.497 e. The number of rotatable bonds is 5. The van der Waals surface area contributed by atoms with Gasteiger partial charge in [0.2, 0.25) is 0 Å². The molecule has 0 bridgehead atoms. The average molecular weight is 221 g/mol. The second-order valence-electron chi connectivity index (χ2n) is 4.49. The van der Waals surface area contributed by atoms with Crippen LogP contribution in [0.3, 0.4) is 0 Å². The highest BCUT2D eigenvalue weighted by Crippen LogP contribution is 2.31. The van der Waals surface area contributed by atoms with Gasteiger partial charge < -0.3 is 15.2 Å². The van der Waals surface area contributed by atoms with Gasteiger partial charge in [-0.05, 0) is 37.0 Å². The van der Waals surface area contributed by atoms with Gasteiger partial charge in [0.1, 0.15) is 5.75 Å². The van der Waals surface area contributed by atoms with Gasteiger partial charge in [0.05, 0.1) is 13.7 Å². The standard InChI is InChI=1S/C13H19NO2/c1-16-12-5-3-11(4-6-12)9-14-13(10-15)7-2-8-13/h3-6,14-15H,2,7-10H2,1H3. The molecule has 3 nitrogen and oxygen atoms in total. The molecule has 0 radical (unpaired) electrons. The first-order valence-electron chi connectivity index (χ1n) is 5.77. The van der Waals surface area contributed by atoms with Crippen molar-refractivity contribution in [3.8, 4) is 5.75 Å². The van der Waals surface area contributed by atoms with E-state index in [2.05, 4.69) is 17.4 Å². The summed E-state index contributed by atoms with van der Waals surface area (Å²) in [5.74, 6) is 0.879. The monoisotopic (exact) mass is 221 g/mol. The van der Waals surface area contributed by atoms with Crippen molar-refractivity contribution in [1.82, 2.24) is 5.32 Å². The number of aliphatic hydroxyl groups excluding tert-OH is 1. The molecular weight excluding hydrogens is 202 g/mol. The number of methoxy groups -OCH3 is 1. The normalized spacial score (nSPS) is 17.9. The predicted molar refractivity (Wildman–Crippen MR) is 63.5 cm³/mol. The van der Waals surface area contributed by atoms with E-state index in [4.69, 9.17) is 4.74 Å². The van der Waals surface area contributed by atoms with Crippen LogP contribution in [-0.4, -0.2) is 24.4 Å². The van der Waals surface area contributed by atoms with Gasteiger partial charge >= 0.3 is 0 Å². The number of hydrogen-bond donors (Lipinski definition) is 2. The molecule has 1 aromatic carbocycles. The van der Waals surface area contributed by atoms with E-state index in [-0.39, 0.29) is 12.1 Å². The molecular formula is C13H19NO2. The lowest BCUT2D eigenvalue weighted by Gasteiger charge is -2.41. The molecule has 1 aromatic rings. The topological polar surface area (TPSA) is 41.5 Å². The zero-order chi connectivity index (χ0) is 11.4. The third-order valence-corrected chi connectivity index (χ3v) is 3.44. The zero-order valence-corrected chi connectivity index (χ0v) is 9.70. The van der Waals surface area contributed by atoms with Crippen molar-refractivity contribution in [2.24, 2.45) is 0 Å². The van der Waals surface area contributed by atoms with Crippen molar-refractivity contribution in [3.05, 3.63) is 29.8 Å². The van der Waals surface area contributed by atoms with Crippen LogP contribution < -0.4 is 10.1 Å². The van der Waals surface area contributed by atoms with Crippen molar-refractivity contribution in [2.45, 2.75) is 31.3 Å². The highest BCUT2D eigenvalue weighted by molar-refractivity contribution is 5.27. The molecule has 1 aliphatic rings. The molecule has 1 saturated carbocycles. The van der Waals surface area contributed by atoms with Crippen LogP contribution in [0.2, 0.25) is 0 Å². The average Bonchev–Trinajstić information content (AvgIpc) is 2.29. The lowest BCUT2D eigenvalue weighted by molar-refractivity contribution is 0.0872. The molecule has 2 N–H and O–H groups in total. The summed E-state index contributed by atoms with van der Waals surface area (Å²) < 4.78 is 5.11. The second-order valence-corrected chi connectivity index (χ2v) is 4.49. The molecule has 1 fully saturated rings. The fourth-order valence-corrected chi connectivity index (χ4v) is 2.03. The number of hydrogen-bond acceptors (Lipinski definition) is 3. The molecule has 0 aromatic heterocycles. The molecule has 0 aliphatic heterocycles. The Kier molecular flexibility index (Phi) is 3.46. The molecule has 88 valence electrons. The zero-order valence-electron chi connectivity index (χ0n) is 9.70. The van der Waals surface area contributed by atoms with Crippen LogP contribution in [0.5, 0.6) is 5.75 Å². The van der Waals surface area contributed by atoms with Crippen LogP contribution in [-0.2, 0) is 6.54 Å². The molecule has 2 rings (SSSR count). The van der Waals surface area contributed by atoms with Crippen molar-refractivity contribution in [3.63, 3.8) is 0 Å². The molecule has 0 unspecified atom stereocenters. The van der Waals surface area contributed by atoms with Gasteiger partial charge in [0, 0.05) is 12.1 Å². The Bertz CT molecular complexity index is 325. The summed E-state index contributed by atoms with van der Waals surface area (Å²) in [5, 5.41) is 12.8. The van der Waals surface area contributed by atoms with E-state index in [1.807, 2.05) is 12.1 Å². The predicted octanol–water partition coefficient (Wildman–Crippen LogP) is 1.70. The van der Waals surface area contributed by atoms with Crippen molar-refractivity contribution >= 4 is 0 Å². The Morgan fingerprint density at radius 2 is 2.00 bits per heavy atom. The minimum absolute atomic E-state index is 0.0140. The maximum Gasteiger partial charge on any atom is 0.118 e. The summed E-state index contributed by atoms with van der Waals surface area (Å²) in [7, 11) is 1.67. The van der Waals surface area contributed by atoms with E-state index >= 15 is 0 Å². The summed E-state index contributed by atoms with van der Waals surface area (Å²) in [5.41, 5.74) is 1.21. The summed E-state index contributed by atoms with van der Waals surface area (Å²) in [6.45, 7) is 1.05. The fraction of sp³-hybridized carbons (Fsp3) is 0.538. The number of nitrogens with one attached hydrogen (secondary N) is 1. The molecule has 1 aliphatic carbocycles. The van der Waals surface area contributed by atoms with Gasteiger partial charge in [-0.3, -0.25) is 0 Å². The highest BCUT2D eigenvalue weighted by atomic mass is 16.5. The van der Waals surface area contributed by atoms with Gasteiger partial charge in [-0.25, -0.2) is 0 Å². The lowest BCUT2D eigenvalue weighted by atomic mass is 9.77. The Balaban J connectivity index is 1.89. The van der Waals surface area contributed by atoms with Crippen LogP contribution in [0.25, 0.3) is 0 Å². The van der Waals surface area contributed by atoms with Crippen LogP contribution in [0.4, 0.5) is 0 Å². The number of aliphatic hydroxyl groups is 1. The van der Waals surface area contributed by atoms with E-state index in [0.717, 1.165) is 25.1 Å². The van der Waals surface area contributed by atoms with Crippen LogP contribution in [0.1, 0.15) is 24.8 Å². The quantitative estimate of drug-likeness (QED) is 0.795. The highest BCUT2D eigenvalue weighted by Gasteiger charge is 2.35. The Morgan fingerprint density at radius 1 is 1.31 bits per heavy atom. The van der Waals surface area contributed by atoms with E-state index in [9.17, 15) is 5.11 Å². The third-order valence-electron chi connectivity index (χ3n) is 3.44. The smallest absolute Gasteiger partial charge is 0.118 e. The van der Waals surface area contributed by atoms with E-state index in [0.29, 0.717) is 0 Å². The molecule has 16 heavy (non-hydrogen) atoms. The maximum absolute atomic E-state index is 9.31. The lowest BCUT2D eigenvalue weighted by Crippen LogP contribution is -2.53. The molecule has 0 heterocycles. The molecule has 0 amide bonds. The molecule has 0 atom stereocenters. The SMILES string of the molecule is COc1ccc(CNC2(CO)CCC2)cc1. The molecule has 3 heteroatoms. The van der Waals surface area contributed by atoms with Gasteiger partial charge in [0.15, 0.2) is 0 Å². The fourth-order valence-electron chi connectivity index (χ4n) is 2.03. The minimum atomic E-state index is -0.0140. The van der Waals surface area contributed by atoms with E-state index in [1.165, 1.54) is 12.0 Å². The number of ether oxygens (including phenoxy) is 1. The van der Waals surface area contributed by atoms with Crippen molar-refractivity contribution in [2.75, 3.05) is 13.7 Å². The number of benzene rings is 1. The Labute approximate surface area is 96.4 Å². The Morgan fingerprint density at radius 3 is 2.44 bits per heavy atom. The van der Waals surface area contributed by atoms with Gasteiger partial charge in [0.25, 0.3) is 0 Å². The molecule has 0 saturated heterocycles. The van der Waals surface area contributed by atoms with Crippen LogP contribution >= 0.6 is 0 Å². The van der Waals surface area contributed by atoms with E-state index in [1.54, 1.807) is 7.11 Å². The van der Waals surface area contributed by atoms with Gasteiger partial charge in [-0.15, -0.1) is 0 Å². The molecule has 0 spiro atoms. The van der Waals surface area contributed by atoms with E-state index < -0.39 is 0 Å². The van der Waals surface area contributed by atoms with Crippen LogP contribution in [0.15, 0.2) is 24.3 Å². The van der Waals surface area contributed by atoms with Crippen molar-refractivity contribution in [1.29, 1.82) is 0 Å². The summed E-state index contributed by atoms with van der Waals surface area (Å²) in [4.78, 5) is 0. The minimum Gasteiger partial charge on any atom is -0.497 e. The second kappa shape index (κ2) is 4.85. The summed E-state index contributed by atoms with van der Waals surface area (Å²) in [6, 6.07) is 8.03. The summed E-state index contributed by atoms with van der Waals surface area (Å²) >= 11 is 0. The van der Waals surface area contributed by atoms with Crippen molar-refractivity contribution < 1.29 is 9.84 Å². The Hall–Kier alpha value is -1.06. The van der Waals surface area contributed by atoms with Gasteiger partial charge in [-0.2, -0.15) is 0 Å². The first kappa shape index (κ1) is 11.4. The van der Waals surface area contributed by atoms with Gasteiger partial charge in [-0.1, -0.05) is 12.1 Å².